The van der Waals surface area contributed by atoms with Crippen molar-refractivity contribution in [2.24, 2.45) is 5.41 Å². The van der Waals surface area contributed by atoms with Gasteiger partial charge < -0.3 is 10.6 Å². The average Bonchev–Trinajstić information content (AvgIpc) is 2.79. The summed E-state index contributed by atoms with van der Waals surface area (Å²) in [4.78, 5) is 12.0. The largest absolute Gasteiger partial charge is 0.355 e. The number of carbonyl (C=O) groups is 1. The van der Waals surface area contributed by atoms with Crippen LogP contribution in [0.4, 0.5) is 0 Å². The van der Waals surface area contributed by atoms with E-state index in [1.165, 1.54) is 31.3 Å². The highest BCUT2D eigenvalue weighted by Crippen LogP contribution is 2.24. The maximum Gasteiger partial charge on any atom is 0.227 e. The molecule has 0 aromatic heterocycles. The van der Waals surface area contributed by atoms with Crippen LogP contribution in [0.1, 0.15) is 45.4 Å². The number of carbonyl (C=O) groups excluding carboxylic acids is 1. The number of rotatable bonds is 4. The molecule has 0 aromatic rings. The maximum atomic E-state index is 12.0. The highest BCUT2D eigenvalue weighted by molar-refractivity contribution is 5.82. The maximum absolute atomic E-state index is 12.0. The van der Waals surface area contributed by atoms with Crippen molar-refractivity contribution in [1.82, 2.24) is 10.6 Å². The SMILES string of the molecule is CC1(C(=O)NCCC2=CCCCC2)CCNC1. The molecule has 1 aliphatic carbocycles. The molecular formula is C14H24N2O. The molecule has 0 radical (unpaired) electrons. The van der Waals surface area contributed by atoms with E-state index in [2.05, 4.69) is 23.6 Å². The van der Waals surface area contributed by atoms with Crippen LogP contribution in [0.15, 0.2) is 11.6 Å². The van der Waals surface area contributed by atoms with Crippen LogP contribution in [0, 0.1) is 5.41 Å². The van der Waals surface area contributed by atoms with E-state index >= 15 is 0 Å². The second kappa shape index (κ2) is 5.67. The van der Waals surface area contributed by atoms with Gasteiger partial charge in [-0.3, -0.25) is 4.79 Å². The number of allylic oxidation sites excluding steroid dienone is 1. The van der Waals surface area contributed by atoms with Crippen molar-refractivity contribution in [3.63, 3.8) is 0 Å². The quantitative estimate of drug-likeness (QED) is 0.733. The van der Waals surface area contributed by atoms with Crippen LogP contribution >= 0.6 is 0 Å². The Morgan fingerprint density at radius 3 is 3.06 bits per heavy atom. The van der Waals surface area contributed by atoms with Crippen molar-refractivity contribution in [3.05, 3.63) is 11.6 Å². The Morgan fingerprint density at radius 1 is 1.53 bits per heavy atom. The summed E-state index contributed by atoms with van der Waals surface area (Å²) in [6.45, 7) is 4.65. The smallest absolute Gasteiger partial charge is 0.227 e. The van der Waals surface area contributed by atoms with Crippen LogP contribution < -0.4 is 10.6 Å². The summed E-state index contributed by atoms with van der Waals surface area (Å²) in [7, 11) is 0. The van der Waals surface area contributed by atoms with Gasteiger partial charge in [0.2, 0.25) is 5.91 Å². The lowest BCUT2D eigenvalue weighted by molar-refractivity contribution is -0.129. The first kappa shape index (κ1) is 12.6. The van der Waals surface area contributed by atoms with Gasteiger partial charge in [0.1, 0.15) is 0 Å². The van der Waals surface area contributed by atoms with Crippen LogP contribution in [0.25, 0.3) is 0 Å². The van der Waals surface area contributed by atoms with E-state index < -0.39 is 0 Å². The number of hydrogen-bond donors (Lipinski definition) is 2. The van der Waals surface area contributed by atoms with Crippen molar-refractivity contribution < 1.29 is 4.79 Å². The van der Waals surface area contributed by atoms with E-state index in [1.54, 1.807) is 0 Å². The second-order valence-corrected chi connectivity index (χ2v) is 5.60. The molecule has 3 heteroatoms. The van der Waals surface area contributed by atoms with Crippen LogP contribution in [0.2, 0.25) is 0 Å². The fourth-order valence-electron chi connectivity index (χ4n) is 2.69. The van der Waals surface area contributed by atoms with E-state index in [1.807, 2.05) is 0 Å². The molecule has 1 unspecified atom stereocenters. The lowest BCUT2D eigenvalue weighted by Crippen LogP contribution is -2.40. The molecule has 1 saturated heterocycles. The molecule has 1 aliphatic heterocycles. The summed E-state index contributed by atoms with van der Waals surface area (Å²) in [5.74, 6) is 0.221. The van der Waals surface area contributed by atoms with Gasteiger partial charge in [-0.25, -0.2) is 0 Å². The van der Waals surface area contributed by atoms with Crippen molar-refractivity contribution in [3.8, 4) is 0 Å². The highest BCUT2D eigenvalue weighted by atomic mass is 16.2. The summed E-state index contributed by atoms with van der Waals surface area (Å²) >= 11 is 0. The Morgan fingerprint density at radius 2 is 2.41 bits per heavy atom. The van der Waals surface area contributed by atoms with E-state index in [-0.39, 0.29) is 11.3 Å². The van der Waals surface area contributed by atoms with E-state index in [4.69, 9.17) is 0 Å². The first-order chi connectivity index (χ1) is 8.21. The molecule has 3 nitrogen and oxygen atoms in total. The van der Waals surface area contributed by atoms with Gasteiger partial charge in [-0.2, -0.15) is 0 Å². The fraction of sp³-hybridized carbons (Fsp3) is 0.786. The lowest BCUT2D eigenvalue weighted by Gasteiger charge is -2.22. The van der Waals surface area contributed by atoms with Gasteiger partial charge in [-0.05, 0) is 52.0 Å². The van der Waals surface area contributed by atoms with Crippen LogP contribution in [0.5, 0.6) is 0 Å². The predicted octanol–water partition coefficient (Wildman–Crippen LogP) is 1.99. The van der Waals surface area contributed by atoms with Crippen LogP contribution in [-0.2, 0) is 4.79 Å². The molecule has 1 amide bonds. The van der Waals surface area contributed by atoms with Gasteiger partial charge in [0.25, 0.3) is 0 Å². The van der Waals surface area contributed by atoms with Gasteiger partial charge in [0, 0.05) is 13.1 Å². The number of nitrogens with one attached hydrogen (secondary N) is 2. The van der Waals surface area contributed by atoms with Gasteiger partial charge in [-0.15, -0.1) is 0 Å². The summed E-state index contributed by atoms with van der Waals surface area (Å²) in [6, 6.07) is 0. The molecule has 0 aromatic carbocycles. The van der Waals surface area contributed by atoms with Crippen molar-refractivity contribution in [1.29, 1.82) is 0 Å². The zero-order chi connectivity index (χ0) is 12.1. The molecule has 1 fully saturated rings. The third-order valence-electron chi connectivity index (χ3n) is 4.03. The number of hydrogen-bond acceptors (Lipinski definition) is 2. The Kier molecular flexibility index (Phi) is 4.21. The molecule has 2 N–H and O–H groups in total. The molecular weight excluding hydrogens is 212 g/mol. The first-order valence-electron chi connectivity index (χ1n) is 6.88. The molecule has 1 atom stereocenters. The third-order valence-corrected chi connectivity index (χ3v) is 4.03. The van der Waals surface area contributed by atoms with Gasteiger partial charge >= 0.3 is 0 Å². The molecule has 2 aliphatic rings. The summed E-state index contributed by atoms with van der Waals surface area (Å²) < 4.78 is 0. The van der Waals surface area contributed by atoms with Gasteiger partial charge in [0.15, 0.2) is 0 Å². The van der Waals surface area contributed by atoms with Crippen molar-refractivity contribution in [2.75, 3.05) is 19.6 Å². The average molecular weight is 236 g/mol. The minimum absolute atomic E-state index is 0.180. The third kappa shape index (κ3) is 3.32. The molecule has 17 heavy (non-hydrogen) atoms. The lowest BCUT2D eigenvalue weighted by atomic mass is 9.88. The van der Waals surface area contributed by atoms with Gasteiger partial charge in [-0.1, -0.05) is 11.6 Å². The molecule has 96 valence electrons. The molecule has 0 spiro atoms. The molecule has 2 rings (SSSR count). The van der Waals surface area contributed by atoms with Crippen LogP contribution in [-0.4, -0.2) is 25.5 Å². The van der Waals surface area contributed by atoms with Crippen molar-refractivity contribution in [2.45, 2.75) is 45.4 Å². The first-order valence-corrected chi connectivity index (χ1v) is 6.88. The predicted molar refractivity (Wildman–Crippen MR) is 69.8 cm³/mol. The molecule has 0 bridgehead atoms. The Labute approximate surface area is 104 Å². The Hall–Kier alpha value is -0.830. The summed E-state index contributed by atoms with van der Waals surface area (Å²) in [5.41, 5.74) is 1.35. The zero-order valence-corrected chi connectivity index (χ0v) is 10.8. The zero-order valence-electron chi connectivity index (χ0n) is 10.8. The topological polar surface area (TPSA) is 41.1 Å². The fourth-order valence-corrected chi connectivity index (χ4v) is 2.69. The van der Waals surface area contributed by atoms with Crippen molar-refractivity contribution >= 4 is 5.91 Å². The standard InChI is InChI=1S/C14H24N2O/c1-14(8-10-15-11-14)13(17)16-9-7-12-5-3-2-4-6-12/h5,15H,2-4,6-11H2,1H3,(H,16,17). The van der Waals surface area contributed by atoms with Crippen LogP contribution in [0.3, 0.4) is 0 Å². The minimum atomic E-state index is -0.180. The monoisotopic (exact) mass is 236 g/mol. The number of amides is 1. The van der Waals surface area contributed by atoms with E-state index in [9.17, 15) is 4.79 Å². The second-order valence-electron chi connectivity index (χ2n) is 5.60. The Bertz CT molecular complexity index is 303. The molecule has 0 saturated carbocycles. The Balaban J connectivity index is 1.71. The van der Waals surface area contributed by atoms with Gasteiger partial charge in [0.05, 0.1) is 5.41 Å². The normalized spacial score (nSPS) is 28.9. The minimum Gasteiger partial charge on any atom is -0.355 e. The summed E-state index contributed by atoms with van der Waals surface area (Å²) in [6.07, 6.45) is 9.46. The molecule has 1 heterocycles. The van der Waals surface area contributed by atoms with E-state index in [0.29, 0.717) is 0 Å². The summed E-state index contributed by atoms with van der Waals surface area (Å²) in [5, 5.41) is 6.35. The van der Waals surface area contributed by atoms with E-state index in [0.717, 1.165) is 32.5 Å². The highest BCUT2D eigenvalue weighted by Gasteiger charge is 2.35.